The Morgan fingerprint density at radius 3 is 2.35 bits per heavy atom. The quantitative estimate of drug-likeness (QED) is 0.278. The predicted molar refractivity (Wildman–Crippen MR) is 150 cm³/mol. The Balaban J connectivity index is 1.61. The second-order valence-electron chi connectivity index (χ2n) is 15.5. The van der Waals surface area contributed by atoms with Gasteiger partial charge in [0.1, 0.15) is 0 Å². The second kappa shape index (κ2) is 8.61. The zero-order valence-corrected chi connectivity index (χ0v) is 25.6. The first kappa shape index (κ1) is 26.7. The lowest BCUT2D eigenvalue weighted by molar-refractivity contribution is -0.111. The molecule has 0 amide bonds. The lowest BCUT2D eigenvalue weighted by Crippen LogP contribution is -2.59. The molecule has 0 aromatic carbocycles. The molecule has 2 heteroatoms. The van der Waals surface area contributed by atoms with E-state index in [1.165, 1.54) is 44.9 Å². The van der Waals surface area contributed by atoms with E-state index >= 15 is 0 Å². The summed E-state index contributed by atoms with van der Waals surface area (Å²) < 4.78 is 7.13. The molecule has 0 spiro atoms. The van der Waals surface area contributed by atoms with Crippen LogP contribution in [0.2, 0.25) is 18.1 Å². The van der Waals surface area contributed by atoms with E-state index in [0.29, 0.717) is 28.8 Å². The maximum atomic E-state index is 7.13. The van der Waals surface area contributed by atoms with Crippen molar-refractivity contribution < 1.29 is 4.43 Å². The lowest BCUT2D eigenvalue weighted by Gasteiger charge is -2.63. The summed E-state index contributed by atoms with van der Waals surface area (Å²) in [4.78, 5) is 0. The fourth-order valence-corrected chi connectivity index (χ4v) is 10.5. The smallest absolute Gasteiger partial charge is 0.192 e. The van der Waals surface area contributed by atoms with E-state index < -0.39 is 8.32 Å². The number of hydrogen-bond acceptors (Lipinski definition) is 1. The maximum absolute atomic E-state index is 7.13. The molecule has 0 heterocycles. The van der Waals surface area contributed by atoms with Crippen LogP contribution in [0.5, 0.6) is 0 Å². The molecule has 34 heavy (non-hydrogen) atoms. The van der Waals surface area contributed by atoms with Crippen molar-refractivity contribution in [2.75, 3.05) is 0 Å². The zero-order valence-electron chi connectivity index (χ0n) is 24.6. The summed E-state index contributed by atoms with van der Waals surface area (Å²) >= 11 is 0. The molecule has 2 saturated carbocycles. The first-order valence-electron chi connectivity index (χ1n) is 14.7. The van der Waals surface area contributed by atoms with Crippen molar-refractivity contribution in [3.63, 3.8) is 0 Å². The highest BCUT2D eigenvalue weighted by atomic mass is 28.4. The van der Waals surface area contributed by atoms with Crippen LogP contribution in [0.3, 0.4) is 0 Å². The number of fused-ring (bicyclic) bond motifs is 5. The lowest BCUT2D eigenvalue weighted by atomic mass is 9.43. The van der Waals surface area contributed by atoms with Crippen molar-refractivity contribution >= 4 is 8.32 Å². The number of allylic oxidation sites excluding steroid dienone is 4. The Bertz CT molecular complexity index is 828. The Morgan fingerprint density at radius 2 is 1.74 bits per heavy atom. The Labute approximate surface area is 213 Å². The van der Waals surface area contributed by atoms with E-state index in [-0.39, 0.29) is 10.5 Å². The van der Waals surface area contributed by atoms with Crippen LogP contribution in [-0.4, -0.2) is 14.4 Å². The van der Waals surface area contributed by atoms with E-state index in [1.54, 1.807) is 0 Å². The molecule has 4 aliphatic carbocycles. The molecule has 194 valence electrons. The van der Waals surface area contributed by atoms with Crippen LogP contribution in [0, 0.1) is 45.8 Å². The first-order valence-corrected chi connectivity index (χ1v) is 17.6. The molecule has 4 aliphatic rings. The topological polar surface area (TPSA) is 9.23 Å². The van der Waals surface area contributed by atoms with Crippen LogP contribution >= 0.6 is 0 Å². The van der Waals surface area contributed by atoms with Crippen molar-refractivity contribution in [2.45, 2.75) is 131 Å². The fourth-order valence-electron chi connectivity index (χ4n) is 9.03. The molecule has 0 aliphatic heterocycles. The minimum Gasteiger partial charge on any atom is -0.413 e. The van der Waals surface area contributed by atoms with Gasteiger partial charge in [0, 0.05) is 5.92 Å². The van der Waals surface area contributed by atoms with Crippen molar-refractivity contribution in [2.24, 2.45) is 45.8 Å². The van der Waals surface area contributed by atoms with Crippen molar-refractivity contribution in [1.29, 1.82) is 0 Å². The minimum absolute atomic E-state index is 0.187. The maximum Gasteiger partial charge on any atom is 0.192 e. The summed E-state index contributed by atoms with van der Waals surface area (Å²) in [5.41, 5.74) is 2.84. The third-order valence-electron chi connectivity index (χ3n) is 12.2. The standard InChI is InChI=1S/C32H56OSi/c1-12-13-22(2)24-15-16-25-23-14-17-27-30(6,7)28(33-34(10,11)29(3,4)5)19-21-32(27,9)26(23)18-20-31(24,25)8/h14,16-17,22-24,26-28H,12-13,15,18-21H2,1-11H3/t22-,23+,24-,26+,27+,28+,31-,32-/m1/s1. The summed E-state index contributed by atoms with van der Waals surface area (Å²) in [5.74, 6) is 3.79. The highest BCUT2D eigenvalue weighted by Crippen LogP contribution is 2.67. The Kier molecular flexibility index (Phi) is 6.76. The van der Waals surface area contributed by atoms with Crippen LogP contribution < -0.4 is 0 Å². The van der Waals surface area contributed by atoms with Gasteiger partial charge in [-0.1, -0.05) is 99.0 Å². The fraction of sp³-hybridized carbons (Fsp3) is 0.875. The molecule has 0 unspecified atom stereocenters. The van der Waals surface area contributed by atoms with Gasteiger partial charge in [0.2, 0.25) is 0 Å². The van der Waals surface area contributed by atoms with Gasteiger partial charge in [0.25, 0.3) is 0 Å². The Hall–Kier alpha value is -0.343. The number of hydrogen-bond donors (Lipinski definition) is 0. The Morgan fingerprint density at radius 1 is 1.06 bits per heavy atom. The average molecular weight is 485 g/mol. The van der Waals surface area contributed by atoms with Gasteiger partial charge in [-0.2, -0.15) is 0 Å². The monoisotopic (exact) mass is 484 g/mol. The average Bonchev–Trinajstić information content (AvgIpc) is 3.07. The van der Waals surface area contributed by atoms with Crippen LogP contribution in [0.15, 0.2) is 23.8 Å². The van der Waals surface area contributed by atoms with Crippen LogP contribution in [0.25, 0.3) is 0 Å². The molecule has 0 bridgehead atoms. The molecular formula is C32H56OSi. The molecular weight excluding hydrogens is 428 g/mol. The van der Waals surface area contributed by atoms with Gasteiger partial charge < -0.3 is 4.43 Å². The van der Waals surface area contributed by atoms with Gasteiger partial charge in [-0.25, -0.2) is 0 Å². The minimum atomic E-state index is -1.78. The first-order chi connectivity index (χ1) is 15.6. The van der Waals surface area contributed by atoms with E-state index in [4.69, 9.17) is 4.43 Å². The molecule has 0 aromatic heterocycles. The summed E-state index contributed by atoms with van der Waals surface area (Å²) in [7, 11) is -1.78. The van der Waals surface area contributed by atoms with Crippen LogP contribution in [0.1, 0.15) is 107 Å². The predicted octanol–water partition coefficient (Wildman–Crippen LogP) is 9.80. The molecule has 8 atom stereocenters. The largest absolute Gasteiger partial charge is 0.413 e. The van der Waals surface area contributed by atoms with Crippen LogP contribution in [-0.2, 0) is 4.43 Å². The highest BCUT2D eigenvalue weighted by molar-refractivity contribution is 6.74. The van der Waals surface area contributed by atoms with Crippen molar-refractivity contribution in [3.8, 4) is 0 Å². The van der Waals surface area contributed by atoms with Crippen molar-refractivity contribution in [3.05, 3.63) is 23.8 Å². The van der Waals surface area contributed by atoms with Gasteiger partial charge in [-0.05, 0) is 90.2 Å². The van der Waals surface area contributed by atoms with E-state index in [1.807, 2.05) is 5.57 Å². The van der Waals surface area contributed by atoms with Gasteiger partial charge in [0.05, 0.1) is 6.10 Å². The molecule has 0 N–H and O–H groups in total. The zero-order chi connectivity index (χ0) is 25.3. The van der Waals surface area contributed by atoms with Gasteiger partial charge in [0.15, 0.2) is 8.32 Å². The van der Waals surface area contributed by atoms with Gasteiger partial charge in [-0.15, -0.1) is 0 Å². The van der Waals surface area contributed by atoms with Gasteiger partial charge >= 0.3 is 0 Å². The third kappa shape index (κ3) is 3.96. The number of rotatable bonds is 5. The molecule has 4 rings (SSSR count). The summed E-state index contributed by atoms with van der Waals surface area (Å²) in [6.07, 6.45) is 17.8. The normalized spacial score (nSPS) is 42.4. The van der Waals surface area contributed by atoms with E-state index in [9.17, 15) is 0 Å². The summed E-state index contributed by atoms with van der Waals surface area (Å²) in [6.45, 7) is 27.3. The summed E-state index contributed by atoms with van der Waals surface area (Å²) in [6, 6.07) is 0. The molecule has 0 aromatic rings. The van der Waals surface area contributed by atoms with Gasteiger partial charge in [-0.3, -0.25) is 0 Å². The molecule has 0 radical (unpaired) electrons. The molecule has 0 saturated heterocycles. The van der Waals surface area contributed by atoms with E-state index in [0.717, 1.165) is 17.8 Å². The SMILES string of the molecule is CCC[C@@H](C)[C@H]1CC=C2[C@@H]3C=C[C@H]4C(C)(C)[C@@H](O[Si](C)(C)C(C)(C)C)CC[C@]4(C)[C@H]3CC[C@@]21C. The van der Waals surface area contributed by atoms with Crippen LogP contribution in [0.4, 0.5) is 0 Å². The summed E-state index contributed by atoms with van der Waals surface area (Å²) in [5, 5.41) is 0.269. The third-order valence-corrected chi connectivity index (χ3v) is 16.6. The molecule has 2 fully saturated rings. The second-order valence-corrected chi connectivity index (χ2v) is 20.2. The van der Waals surface area contributed by atoms with Crippen molar-refractivity contribution in [1.82, 2.24) is 0 Å². The molecule has 1 nitrogen and oxygen atoms in total. The van der Waals surface area contributed by atoms with E-state index in [2.05, 4.69) is 93.6 Å². The highest BCUT2D eigenvalue weighted by Gasteiger charge is 2.61.